The smallest absolute Gasteiger partial charge is 0.164 e. The topological polar surface area (TPSA) is 63.8 Å². The Labute approximate surface area is 269 Å². The van der Waals surface area contributed by atoms with Gasteiger partial charge in [0.25, 0.3) is 0 Å². The fraction of sp³-hybridized carbons (Fsp3) is 0.0238. The van der Waals surface area contributed by atoms with E-state index in [0.29, 0.717) is 24.0 Å². The van der Waals surface area contributed by atoms with Gasteiger partial charge in [-0.25, -0.2) is 15.0 Å². The number of fused-ring (bicyclic) bond motifs is 9. The lowest BCUT2D eigenvalue weighted by Crippen LogP contribution is -2.12. The van der Waals surface area contributed by atoms with Crippen molar-refractivity contribution in [2.45, 2.75) is 0 Å². The monoisotopic (exact) mass is 602 g/mol. The minimum absolute atomic E-state index is 0.565. The third kappa shape index (κ3) is 4.21. The van der Waals surface area contributed by atoms with Crippen LogP contribution in [-0.4, -0.2) is 21.5 Å². The maximum Gasteiger partial charge on any atom is 0.164 e. The summed E-state index contributed by atoms with van der Waals surface area (Å²) in [5, 5.41) is 14.2. The summed E-state index contributed by atoms with van der Waals surface area (Å²) in [4.78, 5) is 15.2. The summed E-state index contributed by atoms with van der Waals surface area (Å²) in [5.74, 6) is 2.68. The first-order valence-electron chi connectivity index (χ1n) is 15.8. The van der Waals surface area contributed by atoms with E-state index in [0.717, 1.165) is 49.9 Å². The minimum Gasteiger partial charge on any atom is -0.454 e. The van der Waals surface area contributed by atoms with E-state index >= 15 is 0 Å². The van der Waals surface area contributed by atoms with Crippen molar-refractivity contribution in [2.75, 3.05) is 11.9 Å². The summed E-state index contributed by atoms with van der Waals surface area (Å²) in [6.07, 6.45) is 2.08. The van der Waals surface area contributed by atoms with Gasteiger partial charge in [0.2, 0.25) is 0 Å². The van der Waals surface area contributed by atoms with Crippen molar-refractivity contribution in [2.24, 2.45) is 0 Å². The maximum absolute atomic E-state index is 6.40. The first-order chi connectivity index (χ1) is 23.2. The van der Waals surface area contributed by atoms with Gasteiger partial charge in [0.05, 0.1) is 11.1 Å². The van der Waals surface area contributed by atoms with Crippen molar-refractivity contribution in [3.05, 3.63) is 145 Å². The molecule has 1 aliphatic rings. The first kappa shape index (κ1) is 25.9. The number of benzene rings is 7. The molecule has 5 heteroatoms. The van der Waals surface area contributed by atoms with Crippen LogP contribution < -0.4 is 5.32 Å². The Kier molecular flexibility index (Phi) is 5.57. The Morgan fingerprint density at radius 1 is 0.489 bits per heavy atom. The molecule has 0 atom stereocenters. The second kappa shape index (κ2) is 10.1. The van der Waals surface area contributed by atoms with Gasteiger partial charge in [-0.2, -0.15) is 0 Å². The van der Waals surface area contributed by atoms with Crippen LogP contribution in [0.5, 0.6) is 0 Å². The van der Waals surface area contributed by atoms with E-state index in [-0.39, 0.29) is 0 Å². The Morgan fingerprint density at radius 3 is 1.89 bits per heavy atom. The van der Waals surface area contributed by atoms with E-state index in [2.05, 4.69) is 139 Å². The summed E-state index contributed by atoms with van der Waals surface area (Å²) in [6, 6.07) is 46.6. The summed E-state index contributed by atoms with van der Waals surface area (Å²) in [5.41, 5.74) is 4.69. The van der Waals surface area contributed by atoms with Crippen LogP contribution in [0.3, 0.4) is 0 Å². The van der Waals surface area contributed by atoms with E-state index in [4.69, 9.17) is 19.4 Å². The van der Waals surface area contributed by atoms with E-state index in [1.54, 1.807) is 0 Å². The molecule has 2 aromatic heterocycles. The molecule has 5 nitrogen and oxygen atoms in total. The molecule has 1 N–H and O–H groups in total. The first-order valence-corrected chi connectivity index (χ1v) is 15.8. The van der Waals surface area contributed by atoms with E-state index < -0.39 is 0 Å². The molecule has 0 bridgehead atoms. The second-order valence-corrected chi connectivity index (χ2v) is 12.1. The quantitative estimate of drug-likeness (QED) is 0.204. The third-order valence-corrected chi connectivity index (χ3v) is 9.30. The number of nitrogens with zero attached hydrogens (tertiary/aromatic N) is 3. The molecule has 0 unspecified atom stereocenters. The molecular formula is C42H26N4O. The molecule has 0 saturated carbocycles. The maximum atomic E-state index is 6.40. The zero-order chi connectivity index (χ0) is 30.9. The molecule has 9 aromatic rings. The van der Waals surface area contributed by atoms with Crippen molar-refractivity contribution in [1.29, 1.82) is 0 Å². The summed E-state index contributed by atoms with van der Waals surface area (Å²) >= 11 is 0. The highest BCUT2D eigenvalue weighted by molar-refractivity contribution is 6.15. The van der Waals surface area contributed by atoms with Crippen LogP contribution in [-0.2, 0) is 0 Å². The molecule has 47 heavy (non-hydrogen) atoms. The lowest BCUT2D eigenvalue weighted by Gasteiger charge is -2.16. The summed E-state index contributed by atoms with van der Waals surface area (Å²) in [6.45, 7) is 0.565. The van der Waals surface area contributed by atoms with Crippen LogP contribution >= 0.6 is 0 Å². The van der Waals surface area contributed by atoms with Gasteiger partial charge in [-0.15, -0.1) is 0 Å². The van der Waals surface area contributed by atoms with Crippen LogP contribution in [0.2, 0.25) is 0 Å². The van der Waals surface area contributed by atoms with Gasteiger partial charge in [0.1, 0.15) is 5.58 Å². The minimum atomic E-state index is 0.565. The lowest BCUT2D eigenvalue weighted by molar-refractivity contribution is 0.604. The summed E-state index contributed by atoms with van der Waals surface area (Å²) < 4.78 is 6.40. The zero-order valence-corrected chi connectivity index (χ0v) is 25.2. The number of aromatic nitrogens is 3. The average Bonchev–Trinajstić information content (AvgIpc) is 3.53. The molecule has 0 fully saturated rings. The van der Waals surface area contributed by atoms with E-state index in [1.165, 1.54) is 32.3 Å². The highest BCUT2D eigenvalue weighted by Gasteiger charge is 2.23. The van der Waals surface area contributed by atoms with Crippen LogP contribution in [0.4, 0.5) is 5.69 Å². The highest BCUT2D eigenvalue weighted by Crippen LogP contribution is 2.41. The Bertz CT molecular complexity index is 2760. The molecule has 220 valence electrons. The van der Waals surface area contributed by atoms with E-state index in [1.807, 2.05) is 6.07 Å². The van der Waals surface area contributed by atoms with Gasteiger partial charge in [-0.1, -0.05) is 115 Å². The van der Waals surface area contributed by atoms with Crippen LogP contribution in [0.1, 0.15) is 11.6 Å². The van der Waals surface area contributed by atoms with Crippen molar-refractivity contribution >= 4 is 71.4 Å². The molecule has 0 radical (unpaired) electrons. The van der Waals surface area contributed by atoms with Crippen LogP contribution in [0.15, 0.2) is 138 Å². The standard InChI is InChI=1S/C42H26N4O/c1-2-10-28-21-30(16-13-25(28)7-1)40-44-41(31-17-19-34-29(22-31)15-14-26-8-3-5-11-33(26)34)46-42(45-40)32-23-37-39(43-24-32)38-35-12-6-4-9-27(35)18-20-36(38)47-37/h1-23,43H,24H2. The van der Waals surface area contributed by atoms with Crippen LogP contribution in [0.25, 0.3) is 88.5 Å². The fourth-order valence-corrected chi connectivity index (χ4v) is 6.96. The molecule has 0 amide bonds. The molecule has 10 rings (SSSR count). The molecular weight excluding hydrogens is 576 g/mol. The number of hydrogen-bond donors (Lipinski definition) is 1. The molecule has 7 aromatic carbocycles. The summed E-state index contributed by atoms with van der Waals surface area (Å²) in [7, 11) is 0. The highest BCUT2D eigenvalue weighted by atomic mass is 16.3. The zero-order valence-electron chi connectivity index (χ0n) is 25.2. The predicted octanol–water partition coefficient (Wildman–Crippen LogP) is 10.5. The van der Waals surface area contributed by atoms with Gasteiger partial charge in [-0.3, -0.25) is 0 Å². The molecule has 1 aliphatic heterocycles. The van der Waals surface area contributed by atoms with Crippen molar-refractivity contribution in [1.82, 2.24) is 15.0 Å². The Hall–Kier alpha value is -6.33. The normalized spacial score (nSPS) is 12.9. The fourth-order valence-electron chi connectivity index (χ4n) is 6.96. The van der Waals surface area contributed by atoms with Gasteiger partial charge in [0, 0.05) is 23.2 Å². The van der Waals surface area contributed by atoms with E-state index in [9.17, 15) is 0 Å². The molecule has 3 heterocycles. The van der Waals surface area contributed by atoms with Crippen molar-refractivity contribution in [3.8, 4) is 22.8 Å². The second-order valence-electron chi connectivity index (χ2n) is 12.1. The van der Waals surface area contributed by atoms with Gasteiger partial charge in [-0.05, 0) is 67.4 Å². The van der Waals surface area contributed by atoms with Crippen molar-refractivity contribution in [3.63, 3.8) is 0 Å². The largest absolute Gasteiger partial charge is 0.454 e. The Balaban J connectivity index is 1.15. The predicted molar refractivity (Wildman–Crippen MR) is 193 cm³/mol. The number of nitrogens with one attached hydrogen (secondary N) is 1. The SMILES string of the molecule is C1=C(c2nc(-c3ccc4ccccc4c3)nc(-c3ccc4c(ccc5ccccc54)c3)n2)CNc2c1oc1ccc3ccccc3c21. The molecule has 0 spiro atoms. The van der Waals surface area contributed by atoms with Crippen molar-refractivity contribution < 1.29 is 4.42 Å². The number of furan rings is 1. The number of rotatable bonds is 3. The number of hydrogen-bond acceptors (Lipinski definition) is 5. The van der Waals surface area contributed by atoms with Gasteiger partial charge in [0.15, 0.2) is 23.2 Å². The van der Waals surface area contributed by atoms with Gasteiger partial charge < -0.3 is 9.73 Å². The molecule has 0 saturated heterocycles. The Morgan fingerprint density at radius 2 is 1.06 bits per heavy atom. The number of anilines is 1. The molecule has 0 aliphatic carbocycles. The lowest BCUT2D eigenvalue weighted by atomic mass is 10.00. The average molecular weight is 603 g/mol. The van der Waals surface area contributed by atoms with Crippen LogP contribution in [0, 0.1) is 0 Å². The van der Waals surface area contributed by atoms with Gasteiger partial charge >= 0.3 is 0 Å². The third-order valence-electron chi connectivity index (χ3n) is 9.30.